The lowest BCUT2D eigenvalue weighted by atomic mass is 9.98. The number of hydrogen-bond donors (Lipinski definition) is 2. The number of benzene rings is 1. The lowest BCUT2D eigenvalue weighted by molar-refractivity contribution is -0.119. The highest BCUT2D eigenvalue weighted by Crippen LogP contribution is 2.16. The average molecular weight is 347 g/mol. The van der Waals surface area contributed by atoms with Gasteiger partial charge in [0.1, 0.15) is 6.04 Å². The van der Waals surface area contributed by atoms with Crippen LogP contribution in [0, 0.1) is 5.92 Å². The third kappa shape index (κ3) is 5.46. The molecular formula is C19H29N3O3. The third-order valence-corrected chi connectivity index (χ3v) is 4.67. The van der Waals surface area contributed by atoms with E-state index < -0.39 is 6.04 Å². The van der Waals surface area contributed by atoms with Gasteiger partial charge in [0.15, 0.2) is 0 Å². The zero-order valence-corrected chi connectivity index (χ0v) is 15.4. The van der Waals surface area contributed by atoms with Gasteiger partial charge in [-0.25, -0.2) is 4.79 Å². The van der Waals surface area contributed by atoms with Gasteiger partial charge in [0.05, 0.1) is 6.61 Å². The molecule has 0 aliphatic carbocycles. The second-order valence-electron chi connectivity index (χ2n) is 6.63. The van der Waals surface area contributed by atoms with Crippen molar-refractivity contribution in [1.29, 1.82) is 0 Å². The Kier molecular flexibility index (Phi) is 7.25. The second kappa shape index (κ2) is 9.42. The van der Waals surface area contributed by atoms with Crippen LogP contribution in [0.4, 0.5) is 10.5 Å². The van der Waals surface area contributed by atoms with Crippen LogP contribution in [0.5, 0.6) is 0 Å². The Morgan fingerprint density at radius 3 is 2.64 bits per heavy atom. The summed E-state index contributed by atoms with van der Waals surface area (Å²) in [7, 11) is 1.64. The molecule has 1 aromatic carbocycles. The Bertz CT molecular complexity index is 585. The maximum Gasteiger partial charge on any atom is 0.318 e. The molecule has 1 unspecified atom stereocenters. The SMILES string of the molecule is CCC(C)[C@H](NC(=O)N1CCCC1)C(=O)Nc1cccc(COC)c1. The Morgan fingerprint density at radius 2 is 2.00 bits per heavy atom. The van der Waals surface area contributed by atoms with Crippen molar-refractivity contribution in [3.05, 3.63) is 29.8 Å². The van der Waals surface area contributed by atoms with Crippen LogP contribution in [0.1, 0.15) is 38.7 Å². The fourth-order valence-electron chi connectivity index (χ4n) is 2.97. The number of urea groups is 1. The standard InChI is InChI=1S/C19H29N3O3/c1-4-14(2)17(21-19(24)22-10-5-6-11-22)18(23)20-16-9-7-8-15(12-16)13-25-3/h7-9,12,14,17H,4-6,10-11,13H2,1-3H3,(H,20,23)(H,21,24)/t14?,17-/m0/s1. The molecule has 0 radical (unpaired) electrons. The van der Waals surface area contributed by atoms with Gasteiger partial charge in [0, 0.05) is 25.9 Å². The van der Waals surface area contributed by atoms with E-state index in [4.69, 9.17) is 4.74 Å². The lowest BCUT2D eigenvalue weighted by Gasteiger charge is -2.26. The van der Waals surface area contributed by atoms with Crippen LogP contribution in [0.25, 0.3) is 0 Å². The summed E-state index contributed by atoms with van der Waals surface area (Å²) < 4.78 is 5.13. The number of likely N-dealkylation sites (tertiary alicyclic amines) is 1. The number of rotatable bonds is 7. The maximum absolute atomic E-state index is 12.8. The quantitative estimate of drug-likeness (QED) is 0.796. The zero-order valence-electron chi connectivity index (χ0n) is 15.4. The number of anilines is 1. The van der Waals surface area contributed by atoms with E-state index in [0.717, 1.165) is 37.9 Å². The van der Waals surface area contributed by atoms with Gasteiger partial charge in [-0.1, -0.05) is 32.4 Å². The highest BCUT2D eigenvalue weighted by molar-refractivity contribution is 5.97. The zero-order chi connectivity index (χ0) is 18.2. The minimum absolute atomic E-state index is 0.0497. The summed E-state index contributed by atoms with van der Waals surface area (Å²) in [6.07, 6.45) is 2.86. The van der Waals surface area contributed by atoms with Crippen molar-refractivity contribution in [1.82, 2.24) is 10.2 Å². The molecule has 1 aliphatic heterocycles. The molecular weight excluding hydrogens is 318 g/mol. The van der Waals surface area contributed by atoms with Gasteiger partial charge in [-0.15, -0.1) is 0 Å². The van der Waals surface area contributed by atoms with Crippen LogP contribution in [0.2, 0.25) is 0 Å². The Labute approximate surface area is 149 Å². The predicted molar refractivity (Wildman–Crippen MR) is 98.4 cm³/mol. The van der Waals surface area contributed by atoms with E-state index in [-0.39, 0.29) is 17.9 Å². The molecule has 2 atom stereocenters. The van der Waals surface area contributed by atoms with Gasteiger partial charge in [-0.2, -0.15) is 0 Å². The van der Waals surface area contributed by atoms with Gasteiger partial charge in [-0.05, 0) is 36.5 Å². The molecule has 6 heteroatoms. The molecule has 1 aromatic rings. The average Bonchev–Trinajstić information content (AvgIpc) is 3.14. The van der Waals surface area contributed by atoms with E-state index in [2.05, 4.69) is 10.6 Å². The largest absolute Gasteiger partial charge is 0.380 e. The van der Waals surface area contributed by atoms with E-state index in [1.807, 2.05) is 38.1 Å². The predicted octanol–water partition coefficient (Wildman–Crippen LogP) is 2.99. The van der Waals surface area contributed by atoms with E-state index in [9.17, 15) is 9.59 Å². The highest BCUT2D eigenvalue weighted by atomic mass is 16.5. The number of ether oxygens (including phenoxy) is 1. The van der Waals surface area contributed by atoms with Gasteiger partial charge in [0.25, 0.3) is 0 Å². The van der Waals surface area contributed by atoms with Gasteiger partial charge in [-0.3, -0.25) is 4.79 Å². The first-order chi connectivity index (χ1) is 12.0. The summed E-state index contributed by atoms with van der Waals surface area (Å²) in [5.74, 6) is -0.134. The van der Waals surface area contributed by atoms with Crippen molar-refractivity contribution >= 4 is 17.6 Å². The molecule has 1 heterocycles. The highest BCUT2D eigenvalue weighted by Gasteiger charge is 2.28. The summed E-state index contributed by atoms with van der Waals surface area (Å²) >= 11 is 0. The van der Waals surface area contributed by atoms with Gasteiger partial charge < -0.3 is 20.3 Å². The van der Waals surface area contributed by atoms with Crippen LogP contribution in [0.3, 0.4) is 0 Å². The number of nitrogens with zero attached hydrogens (tertiary/aromatic N) is 1. The Hall–Kier alpha value is -2.08. The normalized spacial score (nSPS) is 16.4. The number of methoxy groups -OCH3 is 1. The molecule has 138 valence electrons. The molecule has 0 aromatic heterocycles. The topological polar surface area (TPSA) is 70.7 Å². The summed E-state index contributed by atoms with van der Waals surface area (Å²) in [5, 5.41) is 5.84. The fourth-order valence-corrected chi connectivity index (χ4v) is 2.97. The number of carbonyl (C=O) groups excluding carboxylic acids is 2. The maximum atomic E-state index is 12.8. The van der Waals surface area contributed by atoms with Crippen molar-refractivity contribution in [3.63, 3.8) is 0 Å². The first-order valence-electron chi connectivity index (χ1n) is 8.99. The minimum Gasteiger partial charge on any atom is -0.380 e. The minimum atomic E-state index is -0.552. The molecule has 2 rings (SSSR count). The molecule has 6 nitrogen and oxygen atoms in total. The molecule has 1 fully saturated rings. The van der Waals surface area contributed by atoms with Crippen LogP contribution in [0.15, 0.2) is 24.3 Å². The molecule has 25 heavy (non-hydrogen) atoms. The van der Waals surface area contributed by atoms with Crippen molar-refractivity contribution < 1.29 is 14.3 Å². The van der Waals surface area contributed by atoms with Crippen LogP contribution in [-0.2, 0) is 16.1 Å². The summed E-state index contributed by atoms with van der Waals surface area (Å²) in [5.41, 5.74) is 1.70. The molecule has 0 spiro atoms. The summed E-state index contributed by atoms with van der Waals surface area (Å²) in [4.78, 5) is 26.9. The Morgan fingerprint density at radius 1 is 1.28 bits per heavy atom. The first kappa shape index (κ1) is 19.2. The van der Waals surface area contributed by atoms with Crippen molar-refractivity contribution in [3.8, 4) is 0 Å². The monoisotopic (exact) mass is 347 g/mol. The van der Waals surface area contributed by atoms with Crippen LogP contribution >= 0.6 is 0 Å². The molecule has 2 N–H and O–H groups in total. The number of hydrogen-bond acceptors (Lipinski definition) is 3. The smallest absolute Gasteiger partial charge is 0.318 e. The van der Waals surface area contributed by atoms with Crippen molar-refractivity contribution in [2.24, 2.45) is 5.92 Å². The summed E-state index contributed by atoms with van der Waals surface area (Å²) in [6.45, 7) is 6.02. The fraction of sp³-hybridized carbons (Fsp3) is 0.579. The van der Waals surface area contributed by atoms with Crippen molar-refractivity contribution in [2.75, 3.05) is 25.5 Å². The molecule has 0 saturated carbocycles. The second-order valence-corrected chi connectivity index (χ2v) is 6.63. The molecule has 0 bridgehead atoms. The number of amides is 3. The lowest BCUT2D eigenvalue weighted by Crippen LogP contribution is -2.51. The summed E-state index contributed by atoms with van der Waals surface area (Å²) in [6, 6.07) is 6.85. The van der Waals surface area contributed by atoms with Crippen molar-refractivity contribution in [2.45, 2.75) is 45.8 Å². The van der Waals surface area contributed by atoms with E-state index in [1.54, 1.807) is 12.0 Å². The van der Waals surface area contributed by atoms with Crippen LogP contribution in [-0.4, -0.2) is 43.1 Å². The molecule has 1 saturated heterocycles. The molecule has 3 amide bonds. The third-order valence-electron chi connectivity index (χ3n) is 4.67. The molecule has 1 aliphatic rings. The number of carbonyl (C=O) groups is 2. The number of nitrogens with one attached hydrogen (secondary N) is 2. The first-order valence-corrected chi connectivity index (χ1v) is 8.99. The van der Waals surface area contributed by atoms with E-state index >= 15 is 0 Å². The van der Waals surface area contributed by atoms with Crippen LogP contribution < -0.4 is 10.6 Å². The van der Waals surface area contributed by atoms with E-state index in [1.165, 1.54) is 0 Å². The van der Waals surface area contributed by atoms with Gasteiger partial charge in [0.2, 0.25) is 5.91 Å². The van der Waals surface area contributed by atoms with Gasteiger partial charge >= 0.3 is 6.03 Å². The Balaban J connectivity index is 2.04. The van der Waals surface area contributed by atoms with E-state index in [0.29, 0.717) is 12.3 Å².